The normalized spacial score (nSPS) is 10.3. The van der Waals surface area contributed by atoms with Crippen LogP contribution < -0.4 is 9.64 Å². The molecule has 1 heterocycles. The number of para-hydroxylation sites is 1. The highest BCUT2D eigenvalue weighted by molar-refractivity contribution is 5.95. The summed E-state index contributed by atoms with van der Waals surface area (Å²) in [4.78, 5) is 26.2. The lowest BCUT2D eigenvalue weighted by molar-refractivity contribution is -0.147. The van der Waals surface area contributed by atoms with Crippen molar-refractivity contribution in [1.82, 2.24) is 0 Å². The number of anilines is 1. The number of esters is 1. The van der Waals surface area contributed by atoms with Crippen molar-refractivity contribution in [3.05, 3.63) is 60.4 Å². The fourth-order valence-corrected chi connectivity index (χ4v) is 2.92. The highest BCUT2D eigenvalue weighted by Crippen LogP contribution is 2.26. The molecule has 148 valence electrons. The highest BCUT2D eigenvalue weighted by Gasteiger charge is 2.18. The van der Waals surface area contributed by atoms with Gasteiger partial charge in [0.25, 0.3) is 5.91 Å². The molecule has 0 fully saturated rings. The first-order valence-corrected chi connectivity index (χ1v) is 9.04. The van der Waals surface area contributed by atoms with Gasteiger partial charge in [0.2, 0.25) is 0 Å². The van der Waals surface area contributed by atoms with Crippen molar-refractivity contribution >= 4 is 28.5 Å². The smallest absolute Gasteiger partial charge is 0.310 e. The molecule has 1 amide bonds. The molecule has 0 radical (unpaired) electrons. The van der Waals surface area contributed by atoms with Gasteiger partial charge < -0.3 is 18.8 Å². The van der Waals surface area contributed by atoms with Gasteiger partial charge in [-0.2, -0.15) is 5.26 Å². The Morgan fingerprint density at radius 3 is 2.69 bits per heavy atom. The fourth-order valence-electron chi connectivity index (χ4n) is 2.92. The molecule has 29 heavy (non-hydrogen) atoms. The average Bonchev–Trinajstić information content (AvgIpc) is 3.15. The summed E-state index contributed by atoms with van der Waals surface area (Å²) in [6, 6.07) is 16.3. The number of rotatable bonds is 8. The monoisotopic (exact) mass is 392 g/mol. The minimum atomic E-state index is -0.537. The third-order valence-electron chi connectivity index (χ3n) is 4.37. The van der Waals surface area contributed by atoms with Gasteiger partial charge in [0.1, 0.15) is 11.3 Å². The number of hydrogen-bond acceptors (Lipinski definition) is 6. The number of furan rings is 1. The van der Waals surface area contributed by atoms with Crippen molar-refractivity contribution in [3.63, 3.8) is 0 Å². The molecule has 0 aliphatic carbocycles. The van der Waals surface area contributed by atoms with Gasteiger partial charge in [-0.25, -0.2) is 0 Å². The Morgan fingerprint density at radius 1 is 1.17 bits per heavy atom. The summed E-state index contributed by atoms with van der Waals surface area (Å²) < 4.78 is 15.8. The standard InChI is InChI=1S/C22H20N2O5/c1-27-18-8-9-19-16(14-28-20(19)13-18)12-22(26)29-15-21(25)24(11-5-10-23)17-6-3-2-4-7-17/h2-4,6-9,13-14H,5,11-12,15H2,1H3. The van der Waals surface area contributed by atoms with Gasteiger partial charge in [0, 0.05) is 29.2 Å². The summed E-state index contributed by atoms with van der Waals surface area (Å²) in [5, 5.41) is 9.62. The van der Waals surface area contributed by atoms with E-state index in [2.05, 4.69) is 0 Å². The maximum Gasteiger partial charge on any atom is 0.310 e. The number of nitrogens with zero attached hydrogens (tertiary/aromatic N) is 2. The molecule has 7 nitrogen and oxygen atoms in total. The molecule has 0 N–H and O–H groups in total. The first-order chi connectivity index (χ1) is 14.1. The molecule has 0 spiro atoms. The number of carbonyl (C=O) groups is 2. The van der Waals surface area contributed by atoms with Crippen LogP contribution in [0.3, 0.4) is 0 Å². The number of ether oxygens (including phenoxy) is 2. The van der Waals surface area contributed by atoms with Crippen molar-refractivity contribution in [2.75, 3.05) is 25.2 Å². The number of amides is 1. The molecule has 0 atom stereocenters. The van der Waals surface area contributed by atoms with Crippen LogP contribution in [0.4, 0.5) is 5.69 Å². The van der Waals surface area contributed by atoms with E-state index in [1.807, 2.05) is 18.2 Å². The van der Waals surface area contributed by atoms with E-state index in [1.54, 1.807) is 43.5 Å². The van der Waals surface area contributed by atoms with Gasteiger partial charge in [-0.05, 0) is 24.3 Å². The van der Waals surface area contributed by atoms with E-state index in [-0.39, 0.29) is 25.3 Å². The Hall–Kier alpha value is -3.79. The SMILES string of the molecule is COc1ccc2c(CC(=O)OCC(=O)N(CCC#N)c3ccccc3)coc2c1. The van der Waals surface area contributed by atoms with Crippen LogP contribution in [0.25, 0.3) is 11.0 Å². The number of hydrogen-bond donors (Lipinski definition) is 0. The van der Waals surface area contributed by atoms with E-state index in [4.69, 9.17) is 19.2 Å². The minimum absolute atomic E-state index is 0.0177. The van der Waals surface area contributed by atoms with Crippen LogP contribution >= 0.6 is 0 Å². The Labute approximate surface area is 168 Å². The van der Waals surface area contributed by atoms with Gasteiger partial charge in [-0.1, -0.05) is 18.2 Å². The van der Waals surface area contributed by atoms with Crippen LogP contribution in [0.2, 0.25) is 0 Å². The number of benzene rings is 2. The number of nitriles is 1. The fraction of sp³-hybridized carbons (Fsp3) is 0.227. The van der Waals surface area contributed by atoms with Gasteiger partial charge in [0.15, 0.2) is 6.61 Å². The number of carbonyl (C=O) groups excluding carboxylic acids is 2. The van der Waals surface area contributed by atoms with E-state index in [9.17, 15) is 9.59 Å². The molecule has 2 aromatic carbocycles. The number of methoxy groups -OCH3 is 1. The summed E-state index contributed by atoms with van der Waals surface area (Å²) in [6.07, 6.45) is 1.66. The van der Waals surface area contributed by atoms with Crippen LogP contribution in [0.5, 0.6) is 5.75 Å². The predicted molar refractivity (Wildman–Crippen MR) is 106 cm³/mol. The van der Waals surface area contributed by atoms with Gasteiger partial charge in [-0.3, -0.25) is 9.59 Å². The summed E-state index contributed by atoms with van der Waals surface area (Å²) in [6.45, 7) is -0.173. The van der Waals surface area contributed by atoms with Crippen LogP contribution in [-0.2, 0) is 20.7 Å². The third kappa shape index (κ3) is 4.93. The quantitative estimate of drug-likeness (QED) is 0.545. The minimum Gasteiger partial charge on any atom is -0.497 e. The summed E-state index contributed by atoms with van der Waals surface area (Å²) >= 11 is 0. The molecule has 7 heteroatoms. The molecule has 0 unspecified atom stereocenters. The van der Waals surface area contributed by atoms with E-state index in [1.165, 1.54) is 11.2 Å². The van der Waals surface area contributed by atoms with Gasteiger partial charge >= 0.3 is 5.97 Å². The first kappa shape index (κ1) is 20.0. The molecule has 1 aromatic heterocycles. The van der Waals surface area contributed by atoms with Crippen molar-refractivity contribution in [2.24, 2.45) is 0 Å². The molecule has 0 aliphatic heterocycles. The van der Waals surface area contributed by atoms with Crippen LogP contribution in [-0.4, -0.2) is 32.1 Å². The Kier molecular flexibility index (Phi) is 6.48. The highest BCUT2D eigenvalue weighted by atomic mass is 16.5. The maximum atomic E-state index is 12.5. The molecule has 3 aromatic rings. The largest absolute Gasteiger partial charge is 0.497 e. The Morgan fingerprint density at radius 2 is 1.97 bits per heavy atom. The molecule has 0 saturated carbocycles. The molecular formula is C22H20N2O5. The zero-order valence-corrected chi connectivity index (χ0v) is 16.0. The molecule has 0 bridgehead atoms. The molecule has 0 aliphatic rings. The van der Waals surface area contributed by atoms with E-state index in [0.717, 1.165) is 5.39 Å². The van der Waals surface area contributed by atoms with Crippen molar-refractivity contribution in [1.29, 1.82) is 5.26 Å². The first-order valence-electron chi connectivity index (χ1n) is 9.04. The number of fused-ring (bicyclic) bond motifs is 1. The van der Waals surface area contributed by atoms with Gasteiger partial charge in [0.05, 0.1) is 32.3 Å². The van der Waals surface area contributed by atoms with Crippen molar-refractivity contribution < 1.29 is 23.5 Å². The maximum absolute atomic E-state index is 12.5. The lowest BCUT2D eigenvalue weighted by Crippen LogP contribution is -2.35. The second kappa shape index (κ2) is 9.42. The van der Waals surface area contributed by atoms with Crippen molar-refractivity contribution in [3.8, 4) is 11.8 Å². The summed E-state index contributed by atoms with van der Waals surface area (Å²) in [5.41, 5.74) is 1.93. The topological polar surface area (TPSA) is 92.8 Å². The van der Waals surface area contributed by atoms with E-state index < -0.39 is 12.6 Å². The Bertz CT molecular complexity index is 1040. The Balaban J connectivity index is 1.62. The molecular weight excluding hydrogens is 372 g/mol. The van der Waals surface area contributed by atoms with Gasteiger partial charge in [-0.15, -0.1) is 0 Å². The van der Waals surface area contributed by atoms with Crippen LogP contribution in [0.1, 0.15) is 12.0 Å². The second-order valence-electron chi connectivity index (χ2n) is 6.25. The van der Waals surface area contributed by atoms with E-state index >= 15 is 0 Å². The van der Waals surface area contributed by atoms with Crippen LogP contribution in [0, 0.1) is 11.3 Å². The summed E-state index contributed by atoms with van der Waals surface area (Å²) in [5.74, 6) is -0.267. The molecule has 3 rings (SSSR count). The zero-order valence-electron chi connectivity index (χ0n) is 16.0. The predicted octanol–water partition coefficient (Wildman–Crippen LogP) is 3.47. The van der Waals surface area contributed by atoms with Crippen molar-refractivity contribution in [2.45, 2.75) is 12.8 Å². The van der Waals surface area contributed by atoms with Crippen LogP contribution in [0.15, 0.2) is 59.2 Å². The zero-order chi connectivity index (χ0) is 20.6. The molecule has 0 saturated heterocycles. The lowest BCUT2D eigenvalue weighted by Gasteiger charge is -2.21. The average molecular weight is 392 g/mol. The second-order valence-corrected chi connectivity index (χ2v) is 6.25. The third-order valence-corrected chi connectivity index (χ3v) is 4.37. The lowest BCUT2D eigenvalue weighted by atomic mass is 10.1. The summed E-state index contributed by atoms with van der Waals surface area (Å²) in [7, 11) is 1.56. The van der Waals surface area contributed by atoms with E-state index in [0.29, 0.717) is 22.6 Å².